The van der Waals surface area contributed by atoms with E-state index in [0.29, 0.717) is 11.8 Å². The second kappa shape index (κ2) is 8.11. The minimum absolute atomic E-state index is 0.111. The third kappa shape index (κ3) is 4.48. The molecule has 0 bridgehead atoms. The number of rotatable bonds is 7. The summed E-state index contributed by atoms with van der Waals surface area (Å²) in [5.74, 6) is 0.957. The average molecular weight is 379 g/mol. The van der Waals surface area contributed by atoms with Crippen molar-refractivity contribution in [2.24, 2.45) is 17.8 Å². The Balaban J connectivity index is 1.96. The lowest BCUT2D eigenvalue weighted by Crippen LogP contribution is -2.22. The molecule has 0 saturated heterocycles. The second-order valence-corrected chi connectivity index (χ2v) is 9.41. The molecule has 2 aliphatic carbocycles. The average Bonchev–Trinajstić information content (AvgIpc) is 3.36. The first kappa shape index (κ1) is 20.6. The van der Waals surface area contributed by atoms with Crippen LogP contribution in [0, 0.1) is 17.8 Å². The molecule has 1 fully saturated rings. The Labute approximate surface area is 170 Å². The van der Waals surface area contributed by atoms with E-state index in [9.17, 15) is 9.90 Å². The summed E-state index contributed by atoms with van der Waals surface area (Å²) in [6.45, 7) is 11.3. The normalized spacial score (nSPS) is 23.6. The zero-order chi connectivity index (χ0) is 20.5. The molecule has 2 aliphatic rings. The molecule has 1 aromatic rings. The molecule has 2 atom stereocenters. The van der Waals surface area contributed by atoms with Gasteiger partial charge < -0.3 is 5.11 Å². The highest BCUT2D eigenvalue weighted by atomic mass is 16.4. The maximum atomic E-state index is 11.5. The smallest absolute Gasteiger partial charge is 0.328 e. The Morgan fingerprint density at radius 2 is 2.07 bits per heavy atom. The number of aliphatic carboxylic acids is 1. The van der Waals surface area contributed by atoms with Crippen LogP contribution in [0.3, 0.4) is 0 Å². The molecule has 3 rings (SSSR count). The number of carboxylic acid groups (broad SMARTS) is 1. The van der Waals surface area contributed by atoms with Crippen molar-refractivity contribution in [2.45, 2.75) is 65.7 Å². The van der Waals surface area contributed by atoms with Crippen molar-refractivity contribution in [3.8, 4) is 0 Å². The molecular weight excluding hydrogens is 344 g/mol. The summed E-state index contributed by atoms with van der Waals surface area (Å²) >= 11 is 0. The van der Waals surface area contributed by atoms with Crippen LogP contribution in [0.25, 0.3) is 11.1 Å². The van der Waals surface area contributed by atoms with Gasteiger partial charge in [-0.25, -0.2) is 4.79 Å². The van der Waals surface area contributed by atoms with Gasteiger partial charge in [0.05, 0.1) is 0 Å². The van der Waals surface area contributed by atoms with Gasteiger partial charge in [0.2, 0.25) is 0 Å². The zero-order valence-electron chi connectivity index (χ0n) is 18.0. The van der Waals surface area contributed by atoms with Crippen molar-refractivity contribution >= 4 is 17.1 Å². The first-order chi connectivity index (χ1) is 13.2. The lowest BCUT2D eigenvalue weighted by atomic mass is 9.71. The molecule has 2 nitrogen and oxygen atoms in total. The van der Waals surface area contributed by atoms with Gasteiger partial charge in [0.25, 0.3) is 0 Å². The molecule has 0 spiro atoms. The van der Waals surface area contributed by atoms with E-state index in [-0.39, 0.29) is 5.41 Å². The maximum absolute atomic E-state index is 11.5. The number of carboxylic acids is 1. The Morgan fingerprint density at radius 1 is 1.32 bits per heavy atom. The molecule has 0 unspecified atom stereocenters. The van der Waals surface area contributed by atoms with Crippen LogP contribution in [0.4, 0.5) is 0 Å². The summed E-state index contributed by atoms with van der Waals surface area (Å²) in [7, 11) is 0. The van der Waals surface area contributed by atoms with Crippen molar-refractivity contribution in [3.63, 3.8) is 0 Å². The molecule has 1 saturated carbocycles. The Hall–Kier alpha value is -2.09. The van der Waals surface area contributed by atoms with Gasteiger partial charge in [0, 0.05) is 6.08 Å². The highest BCUT2D eigenvalue weighted by molar-refractivity contribution is 5.93. The second-order valence-electron chi connectivity index (χ2n) is 9.41. The molecule has 2 heteroatoms. The van der Waals surface area contributed by atoms with E-state index < -0.39 is 5.97 Å². The minimum atomic E-state index is -0.891. The fourth-order valence-electron chi connectivity index (χ4n) is 4.48. The van der Waals surface area contributed by atoms with Crippen LogP contribution in [0.5, 0.6) is 0 Å². The fourth-order valence-corrected chi connectivity index (χ4v) is 4.48. The number of carbonyl (C=O) groups is 1. The molecule has 28 heavy (non-hydrogen) atoms. The highest BCUT2D eigenvalue weighted by Gasteiger charge is 2.33. The van der Waals surface area contributed by atoms with Gasteiger partial charge in [-0.15, -0.1) is 0 Å². The predicted octanol–water partition coefficient (Wildman–Crippen LogP) is 6.87. The SMILES string of the molecule is CCC[C@H]1C[C@@H]1/C=C/C(=C\C(=O)O)c1ccc2c(c1)C(C(C)C)=CCC2(C)C. The number of hydrogen-bond donors (Lipinski definition) is 1. The van der Waals surface area contributed by atoms with Gasteiger partial charge >= 0.3 is 5.97 Å². The Kier molecular flexibility index (Phi) is 5.98. The first-order valence-corrected chi connectivity index (χ1v) is 10.7. The third-order valence-electron chi connectivity index (χ3n) is 6.29. The summed E-state index contributed by atoms with van der Waals surface area (Å²) in [5, 5.41) is 9.40. The third-order valence-corrected chi connectivity index (χ3v) is 6.29. The maximum Gasteiger partial charge on any atom is 0.328 e. The molecular formula is C26H34O2. The summed E-state index contributed by atoms with van der Waals surface area (Å²) in [4.78, 5) is 11.5. The molecule has 1 aromatic carbocycles. The molecule has 0 amide bonds. The largest absolute Gasteiger partial charge is 0.478 e. The van der Waals surface area contributed by atoms with E-state index in [1.807, 2.05) is 6.08 Å². The van der Waals surface area contributed by atoms with Crippen LogP contribution in [0.2, 0.25) is 0 Å². The van der Waals surface area contributed by atoms with Crippen LogP contribution < -0.4 is 0 Å². The van der Waals surface area contributed by atoms with Gasteiger partial charge in [-0.1, -0.05) is 77.8 Å². The molecule has 0 aliphatic heterocycles. The lowest BCUT2D eigenvalue weighted by molar-refractivity contribution is -0.131. The lowest BCUT2D eigenvalue weighted by Gasteiger charge is -2.33. The van der Waals surface area contributed by atoms with Crippen molar-refractivity contribution in [2.75, 3.05) is 0 Å². The van der Waals surface area contributed by atoms with E-state index in [0.717, 1.165) is 23.5 Å². The van der Waals surface area contributed by atoms with E-state index in [4.69, 9.17) is 0 Å². The molecule has 150 valence electrons. The van der Waals surface area contributed by atoms with Gasteiger partial charge in [-0.3, -0.25) is 0 Å². The van der Waals surface area contributed by atoms with Gasteiger partial charge in [-0.05, 0) is 69.9 Å². The van der Waals surface area contributed by atoms with Crippen molar-refractivity contribution in [1.29, 1.82) is 0 Å². The number of hydrogen-bond acceptors (Lipinski definition) is 1. The number of fused-ring (bicyclic) bond motifs is 1. The van der Waals surface area contributed by atoms with Crippen molar-refractivity contribution in [1.82, 2.24) is 0 Å². The van der Waals surface area contributed by atoms with Crippen LogP contribution in [0.1, 0.15) is 77.0 Å². The summed E-state index contributed by atoms with van der Waals surface area (Å²) < 4.78 is 0. The van der Waals surface area contributed by atoms with Crippen molar-refractivity contribution < 1.29 is 9.90 Å². The van der Waals surface area contributed by atoms with Gasteiger partial charge in [0.15, 0.2) is 0 Å². The van der Waals surface area contributed by atoms with Gasteiger partial charge in [0.1, 0.15) is 0 Å². The predicted molar refractivity (Wildman–Crippen MR) is 118 cm³/mol. The topological polar surface area (TPSA) is 37.3 Å². The van der Waals surface area contributed by atoms with E-state index in [1.165, 1.54) is 42.0 Å². The molecule has 0 heterocycles. The number of allylic oxidation sites excluding steroid dienone is 5. The summed E-state index contributed by atoms with van der Waals surface area (Å²) in [6.07, 6.45) is 12.7. The molecule has 0 aromatic heterocycles. The molecule has 1 N–H and O–H groups in total. The highest BCUT2D eigenvalue weighted by Crippen LogP contribution is 2.44. The monoisotopic (exact) mass is 378 g/mol. The molecule has 0 radical (unpaired) electrons. The Morgan fingerprint density at radius 3 is 2.71 bits per heavy atom. The van der Waals surface area contributed by atoms with Crippen LogP contribution >= 0.6 is 0 Å². The Bertz CT molecular complexity index is 836. The first-order valence-electron chi connectivity index (χ1n) is 10.7. The van der Waals surface area contributed by atoms with E-state index in [2.05, 4.69) is 65.0 Å². The van der Waals surface area contributed by atoms with Crippen LogP contribution in [0.15, 0.2) is 42.5 Å². The van der Waals surface area contributed by atoms with Gasteiger partial charge in [-0.2, -0.15) is 0 Å². The van der Waals surface area contributed by atoms with Crippen LogP contribution in [-0.2, 0) is 10.2 Å². The number of benzene rings is 1. The summed E-state index contributed by atoms with van der Waals surface area (Å²) in [6, 6.07) is 6.51. The van der Waals surface area contributed by atoms with E-state index >= 15 is 0 Å². The quantitative estimate of drug-likeness (QED) is 0.415. The van der Waals surface area contributed by atoms with Crippen LogP contribution in [-0.4, -0.2) is 11.1 Å². The van der Waals surface area contributed by atoms with E-state index in [1.54, 1.807) is 0 Å². The minimum Gasteiger partial charge on any atom is -0.478 e. The van der Waals surface area contributed by atoms with Crippen molar-refractivity contribution in [3.05, 3.63) is 59.2 Å². The summed E-state index contributed by atoms with van der Waals surface area (Å²) in [5.41, 5.74) is 5.92. The zero-order valence-corrected chi connectivity index (χ0v) is 18.0. The standard InChI is InChI=1S/C26H34O2/c1-6-7-18-14-19(18)8-9-21(16-25(27)28)20-10-11-24-23(15-20)22(17(2)3)12-13-26(24,4)5/h8-12,15-19H,6-7,13-14H2,1-5H3,(H,27,28)/b9-8+,21-16+/t18-,19-/m0/s1. The fraction of sp³-hybridized carbons (Fsp3) is 0.500.